The Morgan fingerprint density at radius 2 is 2.29 bits per heavy atom. The number of hydrogen-bond acceptors (Lipinski definition) is 4. The minimum Gasteiger partial charge on any atom is -0.468 e. The van der Waals surface area contributed by atoms with Crippen LogP contribution < -0.4 is 0 Å². The summed E-state index contributed by atoms with van der Waals surface area (Å²) in [6.07, 6.45) is 4.06. The van der Waals surface area contributed by atoms with E-state index < -0.39 is 6.04 Å². The summed E-state index contributed by atoms with van der Waals surface area (Å²) in [5.41, 5.74) is 1.90. The molecule has 0 N–H and O–H groups in total. The number of allylic oxidation sites excluding steroid dienone is 2. The van der Waals surface area contributed by atoms with Crippen LogP contribution in [0.1, 0.15) is 10.4 Å². The van der Waals surface area contributed by atoms with Gasteiger partial charge in [-0.2, -0.15) is 0 Å². The van der Waals surface area contributed by atoms with Crippen LogP contribution in [0.2, 0.25) is 0 Å². The molecule has 3 nitrogen and oxygen atoms in total. The predicted molar refractivity (Wildman–Crippen MR) is 87.5 cm³/mol. The van der Waals surface area contributed by atoms with E-state index in [1.807, 2.05) is 0 Å². The molecule has 21 heavy (non-hydrogen) atoms. The summed E-state index contributed by atoms with van der Waals surface area (Å²) in [7, 11) is 1.39. The average Bonchev–Trinajstić information content (AvgIpc) is 2.98. The van der Waals surface area contributed by atoms with Gasteiger partial charge in [0.05, 0.1) is 7.11 Å². The van der Waals surface area contributed by atoms with Gasteiger partial charge in [-0.1, -0.05) is 36.9 Å². The second-order valence-corrected chi connectivity index (χ2v) is 6.13. The Morgan fingerprint density at radius 1 is 1.52 bits per heavy atom. The zero-order valence-electron chi connectivity index (χ0n) is 12.0. The van der Waals surface area contributed by atoms with Gasteiger partial charge in [0.2, 0.25) is 0 Å². The second kappa shape index (κ2) is 7.07. The van der Waals surface area contributed by atoms with Crippen molar-refractivity contribution in [3.63, 3.8) is 0 Å². The molecule has 5 heteroatoms. The normalized spacial score (nSPS) is 17.4. The van der Waals surface area contributed by atoms with Crippen molar-refractivity contribution in [1.82, 2.24) is 4.90 Å². The molecule has 0 radical (unpaired) electrons. The summed E-state index contributed by atoms with van der Waals surface area (Å²) in [6.45, 7) is 8.93. The minimum atomic E-state index is -0.550. The van der Waals surface area contributed by atoms with Gasteiger partial charge in [0, 0.05) is 23.0 Å². The third-order valence-corrected chi connectivity index (χ3v) is 4.99. The Kier molecular flexibility index (Phi) is 5.39. The van der Waals surface area contributed by atoms with E-state index in [0.29, 0.717) is 17.2 Å². The molecule has 112 valence electrons. The molecule has 1 aliphatic rings. The fourth-order valence-electron chi connectivity index (χ4n) is 2.53. The third kappa shape index (κ3) is 3.28. The molecule has 1 unspecified atom stereocenters. The first kappa shape index (κ1) is 16.0. The number of methoxy groups -OCH3 is 1. The maximum absolute atomic E-state index is 12.2. The van der Waals surface area contributed by atoms with Crippen LogP contribution in [0.15, 0.2) is 47.4 Å². The van der Waals surface area contributed by atoms with E-state index in [1.54, 1.807) is 17.4 Å². The van der Waals surface area contributed by atoms with Crippen molar-refractivity contribution >= 4 is 28.9 Å². The predicted octanol–water partition coefficient (Wildman–Crippen LogP) is 3.51. The fraction of sp³-hybridized carbons (Fsp3) is 0.312. The lowest BCUT2D eigenvalue weighted by Crippen LogP contribution is -2.45. The number of ether oxygens (including phenoxy) is 1. The molecule has 0 amide bonds. The van der Waals surface area contributed by atoms with Crippen LogP contribution in [-0.2, 0) is 22.5 Å². The number of halogens is 1. The minimum absolute atomic E-state index is 0.330. The first-order valence-corrected chi connectivity index (χ1v) is 7.89. The Morgan fingerprint density at radius 3 is 2.90 bits per heavy atom. The summed E-state index contributed by atoms with van der Waals surface area (Å²) in [5, 5.41) is 2.51. The highest BCUT2D eigenvalue weighted by Crippen LogP contribution is 2.29. The van der Waals surface area contributed by atoms with E-state index in [2.05, 4.69) is 29.5 Å². The number of esters is 1. The van der Waals surface area contributed by atoms with Gasteiger partial charge < -0.3 is 4.74 Å². The van der Waals surface area contributed by atoms with Crippen molar-refractivity contribution < 1.29 is 9.53 Å². The van der Waals surface area contributed by atoms with E-state index in [1.165, 1.54) is 23.6 Å². The van der Waals surface area contributed by atoms with E-state index in [4.69, 9.17) is 16.3 Å². The second-order valence-electron chi connectivity index (χ2n) is 4.73. The number of fused-ring (bicyclic) bond motifs is 1. The number of carbonyl (C=O) groups is 1. The van der Waals surface area contributed by atoms with Crippen LogP contribution in [0.4, 0.5) is 0 Å². The lowest BCUT2D eigenvalue weighted by molar-refractivity contribution is -0.145. The fourth-order valence-corrected chi connectivity index (χ4v) is 3.60. The van der Waals surface area contributed by atoms with Gasteiger partial charge >= 0.3 is 5.97 Å². The Hall–Kier alpha value is -1.36. The number of rotatable bonds is 5. The molecule has 0 spiro atoms. The molecule has 1 aromatic rings. The topological polar surface area (TPSA) is 29.5 Å². The molecule has 0 aromatic carbocycles. The highest BCUT2D eigenvalue weighted by Gasteiger charge is 2.33. The van der Waals surface area contributed by atoms with E-state index >= 15 is 0 Å². The first-order valence-electron chi connectivity index (χ1n) is 6.64. The molecule has 0 bridgehead atoms. The SMILES string of the molecule is C=C/C(Cl)=C(\C=C)C(C(=O)OC)N1CCc2sccc2C1. The molecular weight excluding hydrogens is 306 g/mol. The molecule has 0 aliphatic carbocycles. The van der Waals surface area contributed by atoms with Crippen LogP contribution >= 0.6 is 22.9 Å². The van der Waals surface area contributed by atoms with Crippen molar-refractivity contribution in [1.29, 1.82) is 0 Å². The first-order chi connectivity index (χ1) is 10.1. The van der Waals surface area contributed by atoms with Gasteiger partial charge in [-0.15, -0.1) is 11.3 Å². The molecule has 0 saturated carbocycles. The molecule has 1 aliphatic heterocycles. The zero-order valence-corrected chi connectivity index (χ0v) is 13.5. The summed E-state index contributed by atoms with van der Waals surface area (Å²) < 4.78 is 4.96. The smallest absolute Gasteiger partial charge is 0.327 e. The number of thiophene rings is 1. The van der Waals surface area contributed by atoms with Crippen molar-refractivity contribution in [2.24, 2.45) is 0 Å². The van der Waals surface area contributed by atoms with Gasteiger partial charge in [-0.05, 0) is 29.0 Å². The van der Waals surface area contributed by atoms with Crippen LogP contribution in [0.5, 0.6) is 0 Å². The van der Waals surface area contributed by atoms with E-state index in [0.717, 1.165) is 13.0 Å². The maximum atomic E-state index is 12.2. The zero-order chi connectivity index (χ0) is 15.4. The van der Waals surface area contributed by atoms with E-state index in [-0.39, 0.29) is 5.97 Å². The molecule has 2 heterocycles. The van der Waals surface area contributed by atoms with Crippen LogP contribution in [0, 0.1) is 0 Å². The Labute approximate surface area is 134 Å². The van der Waals surface area contributed by atoms with Crippen LogP contribution in [0.3, 0.4) is 0 Å². The number of hydrogen-bond donors (Lipinski definition) is 0. The van der Waals surface area contributed by atoms with Crippen LogP contribution in [0.25, 0.3) is 0 Å². The third-order valence-electron chi connectivity index (χ3n) is 3.60. The van der Waals surface area contributed by atoms with E-state index in [9.17, 15) is 4.79 Å². The van der Waals surface area contributed by atoms with Crippen LogP contribution in [-0.4, -0.2) is 30.6 Å². The van der Waals surface area contributed by atoms with Crippen molar-refractivity contribution in [3.8, 4) is 0 Å². The maximum Gasteiger partial charge on any atom is 0.327 e. The molecule has 1 aromatic heterocycles. The highest BCUT2D eigenvalue weighted by molar-refractivity contribution is 7.10. The lowest BCUT2D eigenvalue weighted by Gasteiger charge is -2.33. The molecule has 2 rings (SSSR count). The van der Waals surface area contributed by atoms with Gasteiger partial charge in [0.1, 0.15) is 6.04 Å². The Balaban J connectivity index is 2.36. The Bertz CT molecular complexity index is 591. The molecule has 1 atom stereocenters. The van der Waals surface area contributed by atoms with Crippen molar-refractivity contribution in [2.75, 3.05) is 13.7 Å². The summed E-state index contributed by atoms with van der Waals surface area (Å²) in [4.78, 5) is 15.7. The summed E-state index contributed by atoms with van der Waals surface area (Å²) in [5.74, 6) is -0.330. The quantitative estimate of drug-likeness (QED) is 0.613. The average molecular weight is 324 g/mol. The van der Waals surface area contributed by atoms with Crippen molar-refractivity contribution in [3.05, 3.63) is 57.8 Å². The summed E-state index contributed by atoms with van der Waals surface area (Å²) >= 11 is 7.94. The molecular formula is C16H18ClNO2S. The van der Waals surface area contributed by atoms with Crippen molar-refractivity contribution in [2.45, 2.75) is 19.0 Å². The number of carbonyl (C=O) groups excluding carboxylic acids is 1. The summed E-state index contributed by atoms with van der Waals surface area (Å²) in [6, 6.07) is 1.55. The molecule has 0 saturated heterocycles. The standard InChI is InChI=1S/C16H18ClNO2S/c1-4-12(13(17)5-2)15(16(19)20-3)18-8-6-14-11(10-18)7-9-21-14/h4-5,7,9,15H,1-2,6,8,10H2,3H3/b13-12-. The van der Waals surface area contributed by atoms with Gasteiger partial charge in [-0.25, -0.2) is 4.79 Å². The van der Waals surface area contributed by atoms with Gasteiger partial charge in [-0.3, -0.25) is 4.90 Å². The highest BCUT2D eigenvalue weighted by atomic mass is 35.5. The molecule has 0 fully saturated rings. The number of nitrogens with zero attached hydrogens (tertiary/aromatic N) is 1. The van der Waals surface area contributed by atoms with Gasteiger partial charge in [0.25, 0.3) is 0 Å². The largest absolute Gasteiger partial charge is 0.468 e. The lowest BCUT2D eigenvalue weighted by atomic mass is 10.0. The monoisotopic (exact) mass is 323 g/mol. The van der Waals surface area contributed by atoms with Gasteiger partial charge in [0.15, 0.2) is 0 Å².